The molecule has 0 amide bonds. The Kier molecular flexibility index (Phi) is 4.49. The van der Waals surface area contributed by atoms with Gasteiger partial charge in [0.1, 0.15) is 5.75 Å². The fraction of sp³-hybridized carbons (Fsp3) is 0. The van der Waals surface area contributed by atoms with Crippen LogP contribution in [0.5, 0.6) is 5.75 Å². The fourth-order valence-corrected chi connectivity index (χ4v) is 2.11. The third kappa shape index (κ3) is 3.55. The van der Waals surface area contributed by atoms with E-state index in [1.54, 1.807) is 24.3 Å². The second-order valence-electron chi connectivity index (χ2n) is 4.18. The second-order valence-corrected chi connectivity index (χ2v) is 5.04. The minimum atomic E-state index is -0.508. The molecule has 2 aromatic rings. The summed E-state index contributed by atoms with van der Waals surface area (Å²) in [4.78, 5) is 22.3. The van der Waals surface area contributed by atoms with E-state index >= 15 is 0 Å². The fourth-order valence-electron chi connectivity index (χ4n) is 1.72. The van der Waals surface area contributed by atoms with Crippen LogP contribution in [0.1, 0.15) is 15.9 Å². The van der Waals surface area contributed by atoms with Crippen molar-refractivity contribution in [3.05, 3.63) is 74.3 Å². The van der Waals surface area contributed by atoms with E-state index in [9.17, 15) is 20.0 Å². The van der Waals surface area contributed by atoms with Gasteiger partial charge in [-0.25, -0.2) is 0 Å². The molecule has 6 heteroatoms. The number of rotatable bonds is 4. The lowest BCUT2D eigenvalue weighted by Gasteiger charge is -2.00. The molecule has 0 unspecified atom stereocenters. The molecule has 2 rings (SSSR count). The van der Waals surface area contributed by atoms with Crippen LogP contribution >= 0.6 is 15.9 Å². The number of para-hydroxylation sites is 1. The summed E-state index contributed by atoms with van der Waals surface area (Å²) in [5.41, 5.74) is 0.626. The second kappa shape index (κ2) is 6.32. The van der Waals surface area contributed by atoms with Crippen LogP contribution in [0.4, 0.5) is 5.69 Å². The molecule has 0 aliphatic rings. The van der Waals surface area contributed by atoms with Gasteiger partial charge in [0.05, 0.1) is 15.0 Å². The summed E-state index contributed by atoms with van der Waals surface area (Å²) in [6, 6.07) is 10.7. The Labute approximate surface area is 128 Å². The minimum Gasteiger partial charge on any atom is -0.507 e. The third-order valence-corrected chi connectivity index (χ3v) is 3.43. The predicted molar refractivity (Wildman–Crippen MR) is 82.3 cm³/mol. The number of carbonyl (C=O) groups is 1. The molecule has 0 aliphatic heterocycles. The molecule has 0 bridgehead atoms. The maximum Gasteiger partial charge on any atom is 0.284 e. The highest BCUT2D eigenvalue weighted by molar-refractivity contribution is 9.10. The number of halogens is 1. The molecule has 2 aromatic carbocycles. The van der Waals surface area contributed by atoms with Crippen molar-refractivity contribution in [1.29, 1.82) is 0 Å². The Hall–Kier alpha value is -2.47. The van der Waals surface area contributed by atoms with Crippen molar-refractivity contribution in [2.45, 2.75) is 0 Å². The number of hydrogen-bond acceptors (Lipinski definition) is 4. The summed E-state index contributed by atoms with van der Waals surface area (Å²) in [6.07, 6.45) is 2.73. The molecule has 0 atom stereocenters. The Bertz CT molecular complexity index is 740. The molecule has 0 spiro atoms. The van der Waals surface area contributed by atoms with E-state index in [0.29, 0.717) is 10.0 Å². The first-order chi connectivity index (χ1) is 9.99. The van der Waals surface area contributed by atoms with Crippen LogP contribution in [0.3, 0.4) is 0 Å². The quantitative estimate of drug-likeness (QED) is 0.393. The number of nitro groups is 1. The number of nitrogens with zero attached hydrogens (tertiary/aromatic N) is 1. The highest BCUT2D eigenvalue weighted by Gasteiger charge is 2.12. The molecular weight excluding hydrogens is 338 g/mol. The normalized spacial score (nSPS) is 10.7. The van der Waals surface area contributed by atoms with Gasteiger partial charge in [0.25, 0.3) is 5.69 Å². The zero-order valence-electron chi connectivity index (χ0n) is 10.7. The van der Waals surface area contributed by atoms with Crippen molar-refractivity contribution in [3.63, 3.8) is 0 Å². The van der Waals surface area contributed by atoms with Crippen molar-refractivity contribution in [3.8, 4) is 5.75 Å². The number of benzene rings is 2. The molecule has 21 heavy (non-hydrogen) atoms. The van der Waals surface area contributed by atoms with E-state index in [1.165, 1.54) is 30.4 Å². The Morgan fingerprint density at radius 2 is 1.95 bits per heavy atom. The van der Waals surface area contributed by atoms with E-state index in [4.69, 9.17) is 0 Å². The number of phenols is 1. The van der Waals surface area contributed by atoms with Crippen molar-refractivity contribution in [2.75, 3.05) is 0 Å². The largest absolute Gasteiger partial charge is 0.507 e. The first kappa shape index (κ1) is 14.9. The van der Waals surface area contributed by atoms with Gasteiger partial charge < -0.3 is 5.11 Å². The summed E-state index contributed by atoms with van der Waals surface area (Å²) in [7, 11) is 0. The van der Waals surface area contributed by atoms with Gasteiger partial charge in [-0.1, -0.05) is 24.3 Å². The number of carbonyl (C=O) groups excluding carboxylic acids is 1. The van der Waals surface area contributed by atoms with Gasteiger partial charge in [-0.05, 0) is 45.8 Å². The molecule has 5 nitrogen and oxygen atoms in total. The lowest BCUT2D eigenvalue weighted by Crippen LogP contribution is -1.94. The Morgan fingerprint density at radius 3 is 2.62 bits per heavy atom. The summed E-state index contributed by atoms with van der Waals surface area (Å²) in [5, 5.41) is 20.4. The van der Waals surface area contributed by atoms with Gasteiger partial charge in [-0.2, -0.15) is 0 Å². The smallest absolute Gasteiger partial charge is 0.284 e. The van der Waals surface area contributed by atoms with Crippen molar-refractivity contribution >= 4 is 33.5 Å². The topological polar surface area (TPSA) is 80.4 Å². The lowest BCUT2D eigenvalue weighted by molar-refractivity contribution is -0.385. The average Bonchev–Trinajstić information content (AvgIpc) is 2.46. The van der Waals surface area contributed by atoms with Crippen LogP contribution < -0.4 is 0 Å². The third-order valence-electron chi connectivity index (χ3n) is 2.76. The van der Waals surface area contributed by atoms with Crippen LogP contribution in [0.2, 0.25) is 0 Å². The summed E-state index contributed by atoms with van der Waals surface area (Å²) in [6.45, 7) is 0. The standard InChI is InChI=1S/C15H10BrNO4/c16-12-7-5-10(9-13(12)17(20)21)6-8-15(19)11-3-1-2-4-14(11)18/h1-9,18H/b8-6+. The van der Waals surface area contributed by atoms with Gasteiger partial charge in [0.15, 0.2) is 5.78 Å². The van der Waals surface area contributed by atoms with Crippen molar-refractivity contribution < 1.29 is 14.8 Å². The van der Waals surface area contributed by atoms with E-state index in [-0.39, 0.29) is 22.8 Å². The number of hydrogen-bond donors (Lipinski definition) is 1. The van der Waals surface area contributed by atoms with E-state index < -0.39 is 4.92 Å². The van der Waals surface area contributed by atoms with Crippen LogP contribution in [0, 0.1) is 10.1 Å². The molecule has 0 radical (unpaired) electrons. The number of allylic oxidation sites excluding steroid dienone is 1. The van der Waals surface area contributed by atoms with E-state index in [1.807, 2.05) is 0 Å². The predicted octanol–water partition coefficient (Wildman–Crippen LogP) is 3.96. The highest BCUT2D eigenvalue weighted by atomic mass is 79.9. The van der Waals surface area contributed by atoms with Gasteiger partial charge in [0, 0.05) is 6.07 Å². The average molecular weight is 348 g/mol. The Balaban J connectivity index is 2.26. The SMILES string of the molecule is O=C(/C=C/c1ccc(Br)c([N+](=O)[O-])c1)c1ccccc1O. The number of aromatic hydroxyl groups is 1. The van der Waals surface area contributed by atoms with Crippen molar-refractivity contribution in [2.24, 2.45) is 0 Å². The number of ketones is 1. The van der Waals surface area contributed by atoms with Crippen molar-refractivity contribution in [1.82, 2.24) is 0 Å². The molecule has 106 valence electrons. The lowest BCUT2D eigenvalue weighted by atomic mass is 10.1. The molecular formula is C15H10BrNO4. The Morgan fingerprint density at radius 1 is 1.24 bits per heavy atom. The van der Waals surface area contributed by atoms with Crippen LogP contribution in [0.15, 0.2) is 53.0 Å². The molecule has 0 saturated heterocycles. The maximum atomic E-state index is 11.9. The van der Waals surface area contributed by atoms with Gasteiger partial charge in [-0.3, -0.25) is 14.9 Å². The van der Waals surface area contributed by atoms with Crippen LogP contribution in [-0.2, 0) is 0 Å². The molecule has 0 heterocycles. The van der Waals surface area contributed by atoms with Gasteiger partial charge in [0.2, 0.25) is 0 Å². The molecule has 0 fully saturated rings. The molecule has 0 aromatic heterocycles. The zero-order valence-corrected chi connectivity index (χ0v) is 12.3. The first-order valence-electron chi connectivity index (χ1n) is 5.93. The van der Waals surface area contributed by atoms with E-state index in [0.717, 1.165) is 0 Å². The molecule has 1 N–H and O–H groups in total. The zero-order chi connectivity index (χ0) is 15.4. The number of phenolic OH excluding ortho intramolecular Hbond substituents is 1. The molecule has 0 saturated carbocycles. The van der Waals surface area contributed by atoms with Gasteiger partial charge in [-0.15, -0.1) is 0 Å². The first-order valence-corrected chi connectivity index (χ1v) is 6.72. The van der Waals surface area contributed by atoms with Gasteiger partial charge >= 0.3 is 0 Å². The van der Waals surface area contributed by atoms with Crippen LogP contribution in [0.25, 0.3) is 6.08 Å². The minimum absolute atomic E-state index is 0.0767. The summed E-state index contributed by atoms with van der Waals surface area (Å²) >= 11 is 3.09. The van der Waals surface area contributed by atoms with Crippen LogP contribution in [-0.4, -0.2) is 15.8 Å². The summed E-state index contributed by atoms with van der Waals surface area (Å²) < 4.78 is 0.372. The number of nitro benzene ring substituents is 1. The summed E-state index contributed by atoms with van der Waals surface area (Å²) in [5.74, 6) is -0.479. The maximum absolute atomic E-state index is 11.9. The van der Waals surface area contributed by atoms with E-state index in [2.05, 4.69) is 15.9 Å². The monoisotopic (exact) mass is 347 g/mol. The highest BCUT2D eigenvalue weighted by Crippen LogP contribution is 2.26. The molecule has 0 aliphatic carbocycles.